The molecule has 2 aromatic carbocycles. The van der Waals surface area contributed by atoms with E-state index in [1.54, 1.807) is 0 Å². The van der Waals surface area contributed by atoms with E-state index in [-0.39, 0.29) is 101 Å². The van der Waals surface area contributed by atoms with Gasteiger partial charge in [-0.3, -0.25) is 9.59 Å². The van der Waals surface area contributed by atoms with Gasteiger partial charge in [0.1, 0.15) is 23.7 Å². The Kier molecular flexibility index (Phi) is 16.2. The van der Waals surface area contributed by atoms with Crippen molar-refractivity contribution in [1.29, 1.82) is 0 Å². The van der Waals surface area contributed by atoms with Gasteiger partial charge < -0.3 is 39.9 Å². The van der Waals surface area contributed by atoms with Gasteiger partial charge in [-0.15, -0.1) is 0 Å². The molecule has 18 heteroatoms. The molecule has 336 valence electrons. The van der Waals surface area contributed by atoms with Crippen LogP contribution in [0.2, 0.25) is 0 Å². The fourth-order valence-corrected chi connectivity index (χ4v) is 8.69. The molecule has 2 aliphatic carbocycles. The van der Waals surface area contributed by atoms with Gasteiger partial charge in [-0.2, -0.15) is 54.0 Å². The van der Waals surface area contributed by atoms with Crippen molar-refractivity contribution in [3.05, 3.63) is 71.4 Å². The van der Waals surface area contributed by atoms with Crippen molar-refractivity contribution in [3.63, 3.8) is 0 Å². The number of hydrogen-bond donors (Lipinski definition) is 4. The summed E-state index contributed by atoms with van der Waals surface area (Å²) < 4.78 is 9.61. The Morgan fingerprint density at radius 1 is 0.710 bits per heavy atom. The largest absolute Gasteiger partial charge is 0.453 e. The SMILES string of the molecule is COC(=O)N[C@H](C(=O)N1CC2(CC2)CC1c1nc2ccc(C#Cc3ccc(-c4cnc([C@@H]5CC6(CC6)CN5C(=O)[C@@H](NC(=O)OC)C(C)C)[nH]4)cc3)cc2[nH]1)C(C)C.S.S.S.S. The predicted octanol–water partition coefficient (Wildman–Crippen LogP) is 6.67. The fraction of sp³-hybridized carbons (Fsp3) is 0.500. The summed E-state index contributed by atoms with van der Waals surface area (Å²) in [6.07, 6.45) is 6.55. The van der Waals surface area contributed by atoms with Crippen molar-refractivity contribution in [1.82, 2.24) is 40.4 Å². The highest BCUT2D eigenvalue weighted by Gasteiger charge is 2.56. The molecule has 0 bridgehead atoms. The minimum atomic E-state index is -0.696. The zero-order valence-electron chi connectivity index (χ0n) is 36.0. The summed E-state index contributed by atoms with van der Waals surface area (Å²) in [5.74, 6) is 7.59. The molecule has 8 rings (SSSR count). The number of carbonyl (C=O) groups is 4. The third kappa shape index (κ3) is 10.3. The molecule has 2 saturated carbocycles. The number of alkyl carbamates (subject to hydrolysis) is 2. The molecule has 4 aliphatic rings. The van der Waals surface area contributed by atoms with Crippen molar-refractivity contribution in [2.45, 2.75) is 90.4 Å². The number of ether oxygens (including phenoxy) is 2. The molecule has 62 heavy (non-hydrogen) atoms. The lowest BCUT2D eigenvalue weighted by Gasteiger charge is -2.30. The molecule has 14 nitrogen and oxygen atoms in total. The fourth-order valence-electron chi connectivity index (χ4n) is 8.69. The van der Waals surface area contributed by atoms with Gasteiger partial charge in [-0.25, -0.2) is 19.6 Å². The number of amides is 4. The molecule has 4 heterocycles. The minimum absolute atomic E-state index is 0. The second kappa shape index (κ2) is 19.9. The predicted molar refractivity (Wildman–Crippen MR) is 257 cm³/mol. The monoisotopic (exact) mass is 924 g/mol. The molecule has 0 radical (unpaired) electrons. The van der Waals surface area contributed by atoms with E-state index in [0.29, 0.717) is 13.1 Å². The van der Waals surface area contributed by atoms with Crippen LogP contribution >= 0.6 is 54.0 Å². The summed E-state index contributed by atoms with van der Waals surface area (Å²) in [5.41, 5.74) is 5.36. The lowest BCUT2D eigenvalue weighted by Crippen LogP contribution is -2.51. The number of nitrogens with zero attached hydrogens (tertiary/aromatic N) is 4. The molecule has 2 aromatic heterocycles. The first-order valence-corrected chi connectivity index (χ1v) is 20.3. The summed E-state index contributed by atoms with van der Waals surface area (Å²) in [5, 5.41) is 5.48. The third-order valence-corrected chi connectivity index (χ3v) is 12.6. The quantitative estimate of drug-likeness (QED) is 0.135. The second-order valence-corrected chi connectivity index (χ2v) is 17.5. The van der Waals surface area contributed by atoms with Crippen LogP contribution in [0.3, 0.4) is 0 Å². The van der Waals surface area contributed by atoms with E-state index >= 15 is 0 Å². The molecule has 2 spiro atoms. The maximum absolute atomic E-state index is 13.9. The van der Waals surface area contributed by atoms with Crippen LogP contribution in [0.5, 0.6) is 0 Å². The number of carbonyl (C=O) groups excluding carboxylic acids is 4. The highest BCUT2D eigenvalue weighted by molar-refractivity contribution is 7.59. The Morgan fingerprint density at radius 3 is 1.68 bits per heavy atom. The van der Waals surface area contributed by atoms with Gasteiger partial charge in [-0.1, -0.05) is 51.7 Å². The lowest BCUT2D eigenvalue weighted by molar-refractivity contribution is -0.136. The molecule has 1 unspecified atom stereocenters. The van der Waals surface area contributed by atoms with Gasteiger partial charge >= 0.3 is 12.2 Å². The Morgan fingerprint density at radius 2 is 1.19 bits per heavy atom. The van der Waals surface area contributed by atoms with Gasteiger partial charge in [0.2, 0.25) is 11.8 Å². The molecule has 4 amide bonds. The number of aromatic amines is 2. The normalized spacial score (nSPS) is 19.5. The summed E-state index contributed by atoms with van der Waals surface area (Å²) >= 11 is 0. The number of hydrogen-bond acceptors (Lipinski definition) is 8. The smallest absolute Gasteiger partial charge is 0.407 e. The average molecular weight is 925 g/mol. The van der Waals surface area contributed by atoms with Gasteiger partial charge in [0.05, 0.1) is 49.2 Å². The number of nitrogens with one attached hydrogen (secondary N) is 4. The van der Waals surface area contributed by atoms with Crippen LogP contribution in [0.15, 0.2) is 48.7 Å². The highest BCUT2D eigenvalue weighted by Crippen LogP contribution is 2.59. The van der Waals surface area contributed by atoms with Crippen LogP contribution in [0.4, 0.5) is 9.59 Å². The maximum Gasteiger partial charge on any atom is 0.407 e. The molecule has 2 aliphatic heterocycles. The van der Waals surface area contributed by atoms with E-state index in [1.807, 2.05) is 86.2 Å². The van der Waals surface area contributed by atoms with E-state index in [9.17, 15) is 19.2 Å². The van der Waals surface area contributed by atoms with Crippen LogP contribution in [0.25, 0.3) is 22.3 Å². The van der Waals surface area contributed by atoms with Gasteiger partial charge in [0.25, 0.3) is 0 Å². The molecule has 4 aromatic rings. The van der Waals surface area contributed by atoms with E-state index in [2.05, 4.69) is 32.4 Å². The van der Waals surface area contributed by atoms with Crippen LogP contribution in [0, 0.1) is 34.5 Å². The zero-order chi connectivity index (χ0) is 40.9. The number of imidazole rings is 2. The Bertz CT molecular complexity index is 2310. The van der Waals surface area contributed by atoms with Crippen molar-refractivity contribution >= 4 is 89.0 Å². The Balaban J connectivity index is 0.00000211. The van der Waals surface area contributed by atoms with E-state index in [0.717, 1.165) is 83.6 Å². The standard InChI is InChI=1S/C44H52N8O6.4H2S/c1-25(2)35(49-41(55)57-5)39(53)51-23-43(15-16-43)20-33(51)37-45-22-32(48-37)29-12-9-27(10-13-29)7-8-28-11-14-30-31(19-28)47-38(46-30)34-21-44(17-18-44)24-52(34)40(54)36(26(3)4)50-42(56)58-6;;;;/h9-14,19,22,25-26,33-36H,15-18,20-21,23-24H2,1-6H3,(H,45,48)(H,46,47)(H,49,55)(H,50,56);4*1H2/t33-,34?,35-,36-;;;;/m0..../s1. The third-order valence-electron chi connectivity index (χ3n) is 12.6. The minimum Gasteiger partial charge on any atom is -0.453 e. The molecular weight excluding hydrogens is 865 g/mol. The molecule has 2 saturated heterocycles. The number of rotatable bonds is 9. The van der Waals surface area contributed by atoms with E-state index in [4.69, 9.17) is 19.4 Å². The van der Waals surface area contributed by atoms with Crippen molar-refractivity contribution in [3.8, 4) is 23.1 Å². The number of aromatic nitrogens is 4. The van der Waals surface area contributed by atoms with Gasteiger partial charge in [-0.05, 0) is 97.1 Å². The number of methoxy groups -OCH3 is 2. The highest BCUT2D eigenvalue weighted by atomic mass is 32.1. The lowest BCUT2D eigenvalue weighted by atomic mass is 10.0. The van der Waals surface area contributed by atoms with Crippen LogP contribution in [-0.4, -0.2) is 93.1 Å². The molecule has 4 fully saturated rings. The van der Waals surface area contributed by atoms with E-state index in [1.165, 1.54) is 14.2 Å². The van der Waals surface area contributed by atoms with Gasteiger partial charge in [0, 0.05) is 24.2 Å². The molecular formula is C44H60N8O6S4. The first kappa shape index (κ1) is 50.2. The number of benzene rings is 2. The Labute approximate surface area is 391 Å². The van der Waals surface area contributed by atoms with Crippen LogP contribution in [-0.2, 0) is 19.1 Å². The number of H-pyrrole nitrogens is 2. The molecule has 4 N–H and O–H groups in total. The topological polar surface area (TPSA) is 175 Å². The number of fused-ring (bicyclic) bond motifs is 1. The summed E-state index contributed by atoms with van der Waals surface area (Å²) in [7, 11) is 2.60. The molecule has 4 atom stereocenters. The van der Waals surface area contributed by atoms with Crippen molar-refractivity contribution in [2.24, 2.45) is 22.7 Å². The second-order valence-electron chi connectivity index (χ2n) is 17.5. The first-order chi connectivity index (χ1) is 27.8. The Hall–Kier alpha value is -4.44. The summed E-state index contributed by atoms with van der Waals surface area (Å²) in [4.78, 5) is 72.3. The first-order valence-electron chi connectivity index (χ1n) is 20.3. The van der Waals surface area contributed by atoms with Crippen LogP contribution < -0.4 is 10.6 Å². The van der Waals surface area contributed by atoms with Gasteiger partial charge in [0.15, 0.2) is 0 Å². The maximum atomic E-state index is 13.9. The van der Waals surface area contributed by atoms with Crippen LogP contribution in [0.1, 0.15) is 101 Å². The summed E-state index contributed by atoms with van der Waals surface area (Å²) in [6, 6.07) is 12.0. The summed E-state index contributed by atoms with van der Waals surface area (Å²) in [6.45, 7) is 8.96. The number of likely N-dealkylation sites (tertiary alicyclic amines) is 2. The van der Waals surface area contributed by atoms with Crippen molar-refractivity contribution in [2.75, 3.05) is 27.3 Å². The average Bonchev–Trinajstić information content (AvgIpc) is 3.83. The van der Waals surface area contributed by atoms with Crippen molar-refractivity contribution < 1.29 is 28.7 Å². The zero-order valence-corrected chi connectivity index (χ0v) is 40.0. The van der Waals surface area contributed by atoms with E-state index < -0.39 is 24.3 Å².